The molecule has 0 bridgehead atoms. The molecule has 2 amide bonds. The Bertz CT molecular complexity index is 1370. The van der Waals surface area contributed by atoms with Crippen molar-refractivity contribution in [2.75, 3.05) is 11.5 Å². The molecule has 4 heterocycles. The van der Waals surface area contributed by atoms with Crippen LogP contribution in [0.25, 0.3) is 0 Å². The quantitative estimate of drug-likeness (QED) is 0.136. The van der Waals surface area contributed by atoms with Crippen LogP contribution >= 0.6 is 23.3 Å². The second-order valence-corrected chi connectivity index (χ2v) is 10.8. The number of nitrogens with two attached hydrogens (primary N) is 1. The monoisotopic (exact) mass is 555 g/mol. The molecule has 0 radical (unpaired) electrons. The molecule has 38 heavy (non-hydrogen) atoms. The topological polar surface area (TPSA) is 167 Å². The lowest BCUT2D eigenvalue weighted by Gasteiger charge is -2.50. The molecule has 12 nitrogen and oxygen atoms in total. The number of thioether (sulfide) groups is 1. The number of aryl methyl sites for hydroxylation is 1. The van der Waals surface area contributed by atoms with Crippen LogP contribution in [0.4, 0.5) is 5.13 Å². The molecule has 1 fully saturated rings. The molecule has 2 unspecified atom stereocenters. The predicted octanol–water partition coefficient (Wildman–Crippen LogP) is -0.486. The molecule has 0 spiro atoms. The molecule has 1 aliphatic carbocycles. The van der Waals surface area contributed by atoms with Crippen molar-refractivity contribution >= 4 is 51.9 Å². The fraction of sp³-hybridized carbons (Fsp3) is 0.375. The minimum absolute atomic E-state index is 0.0177. The maximum atomic E-state index is 13.2. The lowest BCUT2D eigenvalue weighted by atomic mass is 10.0. The van der Waals surface area contributed by atoms with Gasteiger partial charge in [-0.3, -0.25) is 14.5 Å². The number of pyridine rings is 1. The number of nitrogens with one attached hydrogen (secondary N) is 1. The number of β-lactam (4-membered cyclic amide) rings is 1. The van der Waals surface area contributed by atoms with E-state index in [1.807, 2.05) is 48.2 Å². The summed E-state index contributed by atoms with van der Waals surface area (Å²) in [4.78, 5) is 49.1. The number of aliphatic carboxylic acids is 1. The number of carboxylic acids is 1. The van der Waals surface area contributed by atoms with Crippen LogP contribution in [-0.4, -0.2) is 61.0 Å². The third-order valence-electron chi connectivity index (χ3n) is 6.34. The van der Waals surface area contributed by atoms with Crippen molar-refractivity contribution in [3.63, 3.8) is 0 Å². The highest BCUT2D eigenvalue weighted by Gasteiger charge is 2.53. The van der Waals surface area contributed by atoms with Gasteiger partial charge in [-0.15, -0.1) is 11.8 Å². The van der Waals surface area contributed by atoms with Crippen LogP contribution < -0.4 is 20.7 Å². The Morgan fingerprint density at radius 2 is 2.26 bits per heavy atom. The van der Waals surface area contributed by atoms with Gasteiger partial charge in [0, 0.05) is 34.5 Å². The number of nitrogens with zero attached hydrogens (tertiary/aromatic N) is 5. The number of nitrogen functional groups attached to an aromatic ring is 1. The zero-order chi connectivity index (χ0) is 26.8. The summed E-state index contributed by atoms with van der Waals surface area (Å²) < 4.78 is 5.94. The molecule has 2 aromatic rings. The van der Waals surface area contributed by atoms with Gasteiger partial charge in [-0.1, -0.05) is 18.2 Å². The number of amides is 2. The second kappa shape index (κ2) is 10.9. The van der Waals surface area contributed by atoms with Crippen molar-refractivity contribution in [2.45, 2.75) is 50.3 Å². The van der Waals surface area contributed by atoms with Gasteiger partial charge in [0.05, 0.1) is 11.7 Å². The highest BCUT2D eigenvalue weighted by molar-refractivity contribution is 8.00. The normalized spacial score (nSPS) is 22.8. The van der Waals surface area contributed by atoms with Gasteiger partial charge in [0.25, 0.3) is 11.8 Å². The summed E-state index contributed by atoms with van der Waals surface area (Å²) in [6, 6.07) is 2.92. The van der Waals surface area contributed by atoms with Gasteiger partial charge in [-0.2, -0.15) is 9.36 Å². The van der Waals surface area contributed by atoms with E-state index >= 15 is 0 Å². The smallest absolute Gasteiger partial charge is 0.278 e. The standard InChI is InChI=1S/C24H25N7O5S2/c1-2-13-6-5-9-30(10-13)11-14-12-37-22-17(21(33)31(22)18(14)23(34)35)26-20(32)16(19-27-24(25)38-29-19)28-36-15-7-3-4-8-15/h3,5-7,9-10,15,17,22H,2,4,8,11-12H2,1H3,(H3-,25,26,27,29,32,34,35)/t15?,17?,22-/m1/s1. The van der Waals surface area contributed by atoms with Gasteiger partial charge in [-0.25, -0.2) is 4.57 Å². The van der Waals surface area contributed by atoms with E-state index in [9.17, 15) is 19.5 Å². The van der Waals surface area contributed by atoms with Gasteiger partial charge >= 0.3 is 0 Å². The first-order chi connectivity index (χ1) is 18.4. The van der Waals surface area contributed by atoms with Crippen molar-refractivity contribution in [1.29, 1.82) is 0 Å². The van der Waals surface area contributed by atoms with E-state index in [1.54, 1.807) is 0 Å². The number of hydrogen-bond donors (Lipinski definition) is 2. The number of carbonyl (C=O) groups is 3. The Labute approximate surface area is 226 Å². The molecule has 3 atom stereocenters. The van der Waals surface area contributed by atoms with Crippen LogP contribution in [-0.2, 0) is 32.2 Å². The molecule has 3 aliphatic rings. The SMILES string of the molecule is CCc1ccc[n+](CC2=C(C(=O)[O-])N3C(=O)C(NC(=O)C(=NOC4C=CCC4)c4nsc(N)n4)[C@H]3SC2)c1. The largest absolute Gasteiger partial charge is 0.543 e. The molecule has 0 saturated carbocycles. The average molecular weight is 556 g/mol. The van der Waals surface area contributed by atoms with Crippen LogP contribution in [0.15, 0.2) is 53.1 Å². The molecule has 1 saturated heterocycles. The number of anilines is 1. The average Bonchev–Trinajstić information content (AvgIpc) is 3.59. The van der Waals surface area contributed by atoms with Crippen LogP contribution in [0.5, 0.6) is 0 Å². The highest BCUT2D eigenvalue weighted by Crippen LogP contribution is 2.40. The second-order valence-electron chi connectivity index (χ2n) is 8.88. The van der Waals surface area contributed by atoms with Gasteiger partial charge < -0.3 is 25.8 Å². The molecule has 14 heteroatoms. The number of carbonyl (C=O) groups excluding carboxylic acids is 3. The van der Waals surface area contributed by atoms with Crippen molar-refractivity contribution < 1.29 is 28.9 Å². The number of aromatic nitrogens is 3. The van der Waals surface area contributed by atoms with E-state index in [0.717, 1.165) is 36.4 Å². The minimum atomic E-state index is -1.43. The van der Waals surface area contributed by atoms with E-state index in [2.05, 4.69) is 19.8 Å². The van der Waals surface area contributed by atoms with Crippen molar-refractivity contribution in [2.24, 2.45) is 5.16 Å². The Morgan fingerprint density at radius 3 is 2.95 bits per heavy atom. The molecule has 0 aromatic carbocycles. The molecule has 3 N–H and O–H groups in total. The van der Waals surface area contributed by atoms with Crippen LogP contribution in [0, 0.1) is 0 Å². The lowest BCUT2D eigenvalue weighted by Crippen LogP contribution is -2.71. The molecular weight excluding hydrogens is 530 g/mol. The highest BCUT2D eigenvalue weighted by atomic mass is 32.2. The summed E-state index contributed by atoms with van der Waals surface area (Å²) in [5.74, 6) is -2.37. The lowest BCUT2D eigenvalue weighted by molar-refractivity contribution is -0.689. The Hall–Kier alpha value is -3.78. The van der Waals surface area contributed by atoms with E-state index in [-0.39, 0.29) is 28.5 Å². The summed E-state index contributed by atoms with van der Waals surface area (Å²) in [6.07, 6.45) is 9.71. The molecule has 2 aliphatic heterocycles. The van der Waals surface area contributed by atoms with Gasteiger partial charge in [0.2, 0.25) is 11.5 Å². The fourth-order valence-corrected chi connectivity index (χ4v) is 6.20. The van der Waals surface area contributed by atoms with E-state index in [1.165, 1.54) is 16.7 Å². The van der Waals surface area contributed by atoms with Crippen LogP contribution in [0.2, 0.25) is 0 Å². The Balaban J connectivity index is 1.34. The van der Waals surface area contributed by atoms with Crippen LogP contribution in [0.3, 0.4) is 0 Å². The number of allylic oxidation sites excluding steroid dienone is 1. The summed E-state index contributed by atoms with van der Waals surface area (Å²) in [7, 11) is 0. The van der Waals surface area contributed by atoms with Crippen LogP contribution in [0.1, 0.15) is 31.2 Å². The van der Waals surface area contributed by atoms with Gasteiger partial charge in [0.1, 0.15) is 17.5 Å². The Morgan fingerprint density at radius 1 is 1.42 bits per heavy atom. The van der Waals surface area contributed by atoms with E-state index < -0.39 is 29.2 Å². The van der Waals surface area contributed by atoms with Gasteiger partial charge in [-0.05, 0) is 31.4 Å². The summed E-state index contributed by atoms with van der Waals surface area (Å²) in [6.45, 7) is 2.34. The zero-order valence-corrected chi connectivity index (χ0v) is 22.0. The first-order valence-corrected chi connectivity index (χ1v) is 13.8. The zero-order valence-electron chi connectivity index (χ0n) is 20.4. The van der Waals surface area contributed by atoms with E-state index in [0.29, 0.717) is 17.9 Å². The number of oxime groups is 1. The third kappa shape index (κ3) is 5.13. The maximum absolute atomic E-state index is 13.2. The predicted molar refractivity (Wildman–Crippen MR) is 137 cm³/mol. The van der Waals surface area contributed by atoms with Crippen molar-refractivity contribution in [3.8, 4) is 0 Å². The first kappa shape index (κ1) is 25.9. The molecule has 198 valence electrons. The molecular formula is C24H25N7O5S2. The number of carboxylic acid groups (broad SMARTS) is 1. The van der Waals surface area contributed by atoms with Gasteiger partial charge in [0.15, 0.2) is 24.1 Å². The van der Waals surface area contributed by atoms with Crippen molar-refractivity contribution in [1.82, 2.24) is 19.6 Å². The fourth-order valence-electron chi connectivity index (χ4n) is 4.44. The number of fused-ring (bicyclic) bond motifs is 1. The summed E-state index contributed by atoms with van der Waals surface area (Å²) in [5.41, 5.74) is 6.98. The first-order valence-electron chi connectivity index (χ1n) is 12.0. The summed E-state index contributed by atoms with van der Waals surface area (Å²) >= 11 is 2.27. The maximum Gasteiger partial charge on any atom is 0.278 e. The molecule has 2 aromatic heterocycles. The third-order valence-corrected chi connectivity index (χ3v) is 8.23. The summed E-state index contributed by atoms with van der Waals surface area (Å²) in [5, 5.41) is 18.3. The Kier molecular flexibility index (Phi) is 7.42. The van der Waals surface area contributed by atoms with E-state index in [4.69, 9.17) is 10.6 Å². The number of hydrogen-bond acceptors (Lipinski definition) is 11. The molecule has 5 rings (SSSR count). The minimum Gasteiger partial charge on any atom is -0.543 e. The number of rotatable bonds is 9. The van der Waals surface area contributed by atoms with Crippen molar-refractivity contribution in [3.05, 3.63) is 59.3 Å².